The smallest absolute Gasteiger partial charge is 0.410 e. The Labute approximate surface area is 300 Å². The summed E-state index contributed by atoms with van der Waals surface area (Å²) in [6.07, 6.45) is 6.71. The van der Waals surface area contributed by atoms with Crippen molar-refractivity contribution in [2.24, 2.45) is 0 Å². The average molecular weight is 703 g/mol. The van der Waals surface area contributed by atoms with Crippen molar-refractivity contribution in [3.05, 3.63) is 84.1 Å². The number of halogens is 1. The number of anilines is 1. The van der Waals surface area contributed by atoms with E-state index in [2.05, 4.69) is 25.9 Å². The lowest BCUT2D eigenvalue weighted by Crippen LogP contribution is -2.55. The summed E-state index contributed by atoms with van der Waals surface area (Å²) in [5, 5.41) is 11.9. The number of nitriles is 1. The number of pyridine rings is 2. The molecule has 2 aromatic carbocycles. The van der Waals surface area contributed by atoms with Crippen molar-refractivity contribution < 1.29 is 23.4 Å². The number of aromatic nitrogens is 4. The van der Waals surface area contributed by atoms with E-state index in [9.17, 15) is 10.1 Å². The van der Waals surface area contributed by atoms with Gasteiger partial charge in [0.25, 0.3) is 0 Å². The van der Waals surface area contributed by atoms with E-state index < -0.39 is 18.0 Å². The van der Waals surface area contributed by atoms with Gasteiger partial charge in [0.15, 0.2) is 5.82 Å². The minimum absolute atomic E-state index is 0.0542. The van der Waals surface area contributed by atoms with Crippen LogP contribution in [0.3, 0.4) is 0 Å². The zero-order valence-electron chi connectivity index (χ0n) is 28.9. The molecule has 12 nitrogen and oxygen atoms in total. The van der Waals surface area contributed by atoms with Crippen LogP contribution in [-0.4, -0.2) is 100.0 Å². The lowest BCUT2D eigenvalue weighted by molar-refractivity contribution is 0.0287. The molecular weight excluding hydrogens is 663 g/mol. The van der Waals surface area contributed by atoms with Gasteiger partial charge in [-0.05, 0) is 36.3 Å². The Bertz CT molecular complexity index is 2140. The monoisotopic (exact) mass is 702 g/mol. The zero-order chi connectivity index (χ0) is 35.6. The van der Waals surface area contributed by atoms with Gasteiger partial charge in [0, 0.05) is 68.3 Å². The number of carbonyl (C=O) groups is 1. The molecule has 3 aliphatic heterocycles. The third-order valence-electron chi connectivity index (χ3n) is 10.3. The second-order valence-corrected chi connectivity index (χ2v) is 13.6. The summed E-state index contributed by atoms with van der Waals surface area (Å²) < 4.78 is 34.3. The Morgan fingerprint density at radius 1 is 1.08 bits per heavy atom. The van der Waals surface area contributed by atoms with Crippen LogP contribution in [-0.2, 0) is 16.1 Å². The number of piperazine rings is 1. The highest BCUT2D eigenvalue weighted by atomic mass is 19.1. The average Bonchev–Trinajstić information content (AvgIpc) is 3.80. The molecule has 3 aromatic heterocycles. The molecule has 266 valence electrons. The fraction of sp³-hybridized carbons (Fsp3) is 0.385. The van der Waals surface area contributed by atoms with Crippen molar-refractivity contribution in [1.82, 2.24) is 29.7 Å². The summed E-state index contributed by atoms with van der Waals surface area (Å²) in [6.45, 7) is 5.93. The lowest BCUT2D eigenvalue weighted by atomic mass is 10.00. The first-order valence-corrected chi connectivity index (χ1v) is 17.7. The number of aryl methyl sites for hydroxylation is 1. The topological polar surface area (TPSA) is 130 Å². The van der Waals surface area contributed by atoms with Crippen molar-refractivity contribution >= 4 is 33.6 Å². The van der Waals surface area contributed by atoms with Crippen molar-refractivity contribution in [2.75, 3.05) is 50.8 Å². The predicted octanol–water partition coefficient (Wildman–Crippen LogP) is 5.67. The van der Waals surface area contributed by atoms with Crippen LogP contribution in [0, 0.1) is 24.1 Å². The maximum Gasteiger partial charge on any atom is 0.410 e. The number of hydrogen-bond acceptors (Lipinski definition) is 11. The van der Waals surface area contributed by atoms with Crippen LogP contribution in [0.1, 0.15) is 30.4 Å². The van der Waals surface area contributed by atoms with Gasteiger partial charge < -0.3 is 24.0 Å². The fourth-order valence-corrected chi connectivity index (χ4v) is 7.67. The number of hydrogen-bond donors (Lipinski definition) is 0. The van der Waals surface area contributed by atoms with Crippen LogP contribution >= 0.6 is 0 Å². The van der Waals surface area contributed by atoms with Crippen molar-refractivity contribution in [3.63, 3.8) is 0 Å². The van der Waals surface area contributed by atoms with Gasteiger partial charge in [-0.1, -0.05) is 48.5 Å². The van der Waals surface area contributed by atoms with Gasteiger partial charge >= 0.3 is 12.1 Å². The first kappa shape index (κ1) is 33.7. The fourth-order valence-electron chi connectivity index (χ4n) is 7.67. The number of ether oxygens (including phenoxy) is 3. The molecule has 0 radical (unpaired) electrons. The molecule has 3 fully saturated rings. The number of fused-ring (bicyclic) bond motifs is 4. The molecule has 3 atom stereocenters. The summed E-state index contributed by atoms with van der Waals surface area (Å²) in [5.74, 6) is -0.173. The van der Waals surface area contributed by atoms with Crippen molar-refractivity contribution in [3.8, 4) is 23.3 Å². The van der Waals surface area contributed by atoms with Gasteiger partial charge in [0.2, 0.25) is 0 Å². The number of likely N-dealkylation sites (tertiary alicyclic amines) is 1. The molecule has 1 amide bonds. The van der Waals surface area contributed by atoms with Crippen molar-refractivity contribution in [1.29, 1.82) is 5.26 Å². The third-order valence-corrected chi connectivity index (χ3v) is 10.3. The molecule has 13 heteroatoms. The summed E-state index contributed by atoms with van der Waals surface area (Å²) in [4.78, 5) is 37.6. The molecule has 8 rings (SSSR count). The van der Waals surface area contributed by atoms with Crippen LogP contribution in [0.15, 0.2) is 67.1 Å². The summed E-state index contributed by atoms with van der Waals surface area (Å²) in [5.41, 5.74) is 2.63. The molecule has 2 bridgehead atoms. The van der Waals surface area contributed by atoms with E-state index in [-0.39, 0.29) is 43.3 Å². The van der Waals surface area contributed by atoms with Crippen LogP contribution in [0.5, 0.6) is 6.01 Å². The highest BCUT2D eigenvalue weighted by Gasteiger charge is 2.38. The quantitative estimate of drug-likeness (QED) is 0.167. The minimum Gasteiger partial charge on any atom is -0.463 e. The summed E-state index contributed by atoms with van der Waals surface area (Å²) >= 11 is 0. The molecular formula is C39H39FN8O4. The summed E-state index contributed by atoms with van der Waals surface area (Å²) in [7, 11) is 0. The van der Waals surface area contributed by atoms with Crippen LogP contribution < -0.4 is 9.64 Å². The first-order chi connectivity index (χ1) is 25.5. The van der Waals surface area contributed by atoms with Gasteiger partial charge in [-0.15, -0.1) is 0 Å². The van der Waals surface area contributed by atoms with Gasteiger partial charge in [0.1, 0.15) is 23.6 Å². The Kier molecular flexibility index (Phi) is 9.49. The van der Waals surface area contributed by atoms with E-state index in [0.717, 1.165) is 54.4 Å². The number of morpholine rings is 1. The number of rotatable bonds is 10. The van der Waals surface area contributed by atoms with Crippen molar-refractivity contribution in [2.45, 2.75) is 51.0 Å². The van der Waals surface area contributed by atoms with Crippen LogP contribution in [0.2, 0.25) is 0 Å². The number of nitrogens with zero attached hydrogens (tertiary/aromatic N) is 8. The maximum absolute atomic E-state index is 16.8. The normalized spacial score (nSPS) is 20.1. The third kappa shape index (κ3) is 6.67. The molecule has 5 aromatic rings. The molecule has 0 unspecified atom stereocenters. The summed E-state index contributed by atoms with van der Waals surface area (Å²) in [6, 6.07) is 17.6. The van der Waals surface area contributed by atoms with E-state index in [1.165, 1.54) is 0 Å². The largest absolute Gasteiger partial charge is 0.463 e. The van der Waals surface area contributed by atoms with Crippen LogP contribution in [0.25, 0.3) is 32.9 Å². The second-order valence-electron chi connectivity index (χ2n) is 13.6. The van der Waals surface area contributed by atoms with Gasteiger partial charge in [-0.3, -0.25) is 14.9 Å². The second kappa shape index (κ2) is 14.7. The highest BCUT2D eigenvalue weighted by molar-refractivity contribution is 6.00. The molecule has 3 aliphatic rings. The van der Waals surface area contributed by atoms with E-state index >= 15 is 4.39 Å². The molecule has 3 saturated heterocycles. The van der Waals surface area contributed by atoms with E-state index in [1.807, 2.05) is 60.4 Å². The highest BCUT2D eigenvalue weighted by Crippen LogP contribution is 2.36. The lowest BCUT2D eigenvalue weighted by Gasteiger charge is -2.40. The molecule has 6 heterocycles. The molecule has 0 N–H and O–H groups in total. The maximum atomic E-state index is 16.8. The van der Waals surface area contributed by atoms with Crippen LogP contribution in [0.4, 0.5) is 15.0 Å². The molecule has 0 aliphatic carbocycles. The number of carbonyl (C=O) groups excluding carboxylic acids is 1. The number of benzene rings is 2. The number of amides is 1. The zero-order valence-corrected chi connectivity index (χ0v) is 28.9. The minimum atomic E-state index is -0.603. The van der Waals surface area contributed by atoms with Gasteiger partial charge in [0.05, 0.1) is 43.2 Å². The van der Waals surface area contributed by atoms with Gasteiger partial charge in [-0.2, -0.15) is 15.2 Å². The standard InChI is InChI=1S/C39H39FN8O4/c1-25-7-5-10-27-18-42-19-31(33(25)27)35-34(40)36-32(20-43-35)37(45-38(44-36)50-16-6-13-46-22-30-17-29(46)24-51-30)47-14-15-48(28(21-47)11-12-41)39(49)52-23-26-8-3-2-4-9-26/h2-5,7-10,18-20,28-30H,6,11,13-17,21-24H2,1H3/t28-,29-,30-/m0/s1. The molecule has 0 spiro atoms. The van der Waals surface area contributed by atoms with E-state index in [4.69, 9.17) is 19.2 Å². The van der Waals surface area contributed by atoms with E-state index in [1.54, 1.807) is 23.5 Å². The molecule has 52 heavy (non-hydrogen) atoms. The Morgan fingerprint density at radius 2 is 1.96 bits per heavy atom. The first-order valence-electron chi connectivity index (χ1n) is 17.7. The predicted molar refractivity (Wildman–Crippen MR) is 192 cm³/mol. The molecule has 0 saturated carbocycles. The Morgan fingerprint density at radius 3 is 2.77 bits per heavy atom. The Hall–Kier alpha value is -5.45. The Balaban J connectivity index is 1.09. The van der Waals surface area contributed by atoms with E-state index in [0.29, 0.717) is 42.1 Å². The van der Waals surface area contributed by atoms with Gasteiger partial charge in [-0.25, -0.2) is 9.18 Å². The SMILES string of the molecule is Cc1cccc2cncc(-c3ncc4c(N5CCN(C(=O)OCc6ccccc6)[C@@H](CC#N)C5)nc(OCCCN5C[C@@H]6C[C@H]5CO6)nc4c3F)c12.